The normalized spacial score (nSPS) is 10.5. The molecule has 3 aromatic rings. The first kappa shape index (κ1) is 14.9. The summed E-state index contributed by atoms with van der Waals surface area (Å²) < 4.78 is 26.9. The van der Waals surface area contributed by atoms with E-state index in [0.29, 0.717) is 6.54 Å². The predicted molar refractivity (Wildman–Crippen MR) is 81.6 cm³/mol. The second kappa shape index (κ2) is 6.39. The van der Waals surface area contributed by atoms with Crippen LogP contribution < -0.4 is 5.32 Å². The van der Waals surface area contributed by atoms with E-state index >= 15 is 0 Å². The second-order valence-electron chi connectivity index (χ2n) is 4.95. The van der Waals surface area contributed by atoms with Crippen molar-refractivity contribution in [3.05, 3.63) is 77.6 Å². The Morgan fingerprint density at radius 3 is 2.61 bits per heavy atom. The van der Waals surface area contributed by atoms with Gasteiger partial charge in [-0.25, -0.2) is 8.78 Å². The van der Waals surface area contributed by atoms with Crippen molar-refractivity contribution in [3.8, 4) is 11.1 Å². The minimum atomic E-state index is -0.747. The Balaban J connectivity index is 1.81. The lowest BCUT2D eigenvalue weighted by molar-refractivity contribution is 0.0946. The standard InChI is InChI=1S/C17H13F2N3O/c18-12-6-7-13(15(19)8-12)14-10-21-22-16(14)17(23)20-9-11-4-2-1-3-5-11/h1-8,10H,9H2,(H,20,23)(H,21,22). The summed E-state index contributed by atoms with van der Waals surface area (Å²) >= 11 is 0. The molecule has 6 heteroatoms. The van der Waals surface area contributed by atoms with Crippen LogP contribution in [0.4, 0.5) is 8.78 Å². The van der Waals surface area contributed by atoms with Gasteiger partial charge in [-0.3, -0.25) is 9.89 Å². The summed E-state index contributed by atoms with van der Waals surface area (Å²) in [6.07, 6.45) is 1.34. The second-order valence-corrected chi connectivity index (χ2v) is 4.95. The number of carbonyl (C=O) groups is 1. The first-order valence-corrected chi connectivity index (χ1v) is 6.96. The van der Waals surface area contributed by atoms with Gasteiger partial charge in [0.2, 0.25) is 0 Å². The van der Waals surface area contributed by atoms with Crippen LogP contribution in [-0.2, 0) is 6.54 Å². The summed E-state index contributed by atoms with van der Waals surface area (Å²) in [7, 11) is 0. The van der Waals surface area contributed by atoms with Gasteiger partial charge in [-0.05, 0) is 17.7 Å². The first-order chi connectivity index (χ1) is 11.1. The lowest BCUT2D eigenvalue weighted by Crippen LogP contribution is -2.23. The summed E-state index contributed by atoms with van der Waals surface area (Å²) in [5, 5.41) is 9.09. The molecule has 0 spiro atoms. The molecule has 23 heavy (non-hydrogen) atoms. The summed E-state index contributed by atoms with van der Waals surface area (Å²) in [5.74, 6) is -1.83. The molecule has 1 aromatic heterocycles. The van der Waals surface area contributed by atoms with Crippen LogP contribution in [0.25, 0.3) is 11.1 Å². The SMILES string of the molecule is O=C(NCc1ccccc1)c1[nH]ncc1-c1ccc(F)cc1F. The molecule has 0 bridgehead atoms. The first-order valence-electron chi connectivity index (χ1n) is 6.96. The van der Waals surface area contributed by atoms with E-state index in [0.717, 1.165) is 17.7 Å². The molecule has 0 aliphatic heterocycles. The van der Waals surface area contributed by atoms with E-state index in [1.165, 1.54) is 12.3 Å². The van der Waals surface area contributed by atoms with Crippen molar-refractivity contribution >= 4 is 5.91 Å². The number of nitrogens with zero attached hydrogens (tertiary/aromatic N) is 1. The molecule has 0 aliphatic rings. The maximum Gasteiger partial charge on any atom is 0.270 e. The molecule has 2 N–H and O–H groups in total. The third-order valence-electron chi connectivity index (χ3n) is 3.38. The Labute approximate surface area is 131 Å². The van der Waals surface area contributed by atoms with E-state index in [1.54, 1.807) is 0 Å². The van der Waals surface area contributed by atoms with Gasteiger partial charge in [0.15, 0.2) is 0 Å². The zero-order valence-electron chi connectivity index (χ0n) is 12.0. The van der Waals surface area contributed by atoms with Crippen LogP contribution >= 0.6 is 0 Å². The highest BCUT2D eigenvalue weighted by Gasteiger charge is 2.18. The maximum absolute atomic E-state index is 13.9. The van der Waals surface area contributed by atoms with E-state index in [4.69, 9.17) is 0 Å². The van der Waals surface area contributed by atoms with Gasteiger partial charge in [-0.15, -0.1) is 0 Å². The highest BCUT2D eigenvalue weighted by atomic mass is 19.1. The van der Waals surface area contributed by atoms with Crippen LogP contribution in [0.15, 0.2) is 54.7 Å². The van der Waals surface area contributed by atoms with Crippen molar-refractivity contribution in [2.75, 3.05) is 0 Å². The van der Waals surface area contributed by atoms with Gasteiger partial charge in [0, 0.05) is 23.7 Å². The van der Waals surface area contributed by atoms with Crippen LogP contribution in [0.2, 0.25) is 0 Å². The van der Waals surface area contributed by atoms with Crippen LogP contribution in [0.3, 0.4) is 0 Å². The lowest BCUT2D eigenvalue weighted by atomic mass is 10.1. The van der Waals surface area contributed by atoms with Gasteiger partial charge in [-0.2, -0.15) is 5.10 Å². The Kier molecular flexibility index (Phi) is 4.14. The molecule has 0 radical (unpaired) electrons. The fourth-order valence-electron chi connectivity index (χ4n) is 2.24. The van der Waals surface area contributed by atoms with E-state index in [9.17, 15) is 13.6 Å². The highest BCUT2D eigenvalue weighted by molar-refractivity contribution is 5.98. The Hall–Kier alpha value is -3.02. The number of halogens is 2. The number of amides is 1. The molecule has 0 unspecified atom stereocenters. The van der Waals surface area contributed by atoms with Gasteiger partial charge in [0.25, 0.3) is 5.91 Å². The molecule has 116 valence electrons. The van der Waals surface area contributed by atoms with E-state index in [-0.39, 0.29) is 16.8 Å². The molecular formula is C17H13F2N3O. The molecule has 0 saturated carbocycles. The molecule has 2 aromatic carbocycles. The summed E-state index contributed by atoms with van der Waals surface area (Å²) in [6.45, 7) is 0.337. The number of rotatable bonds is 4. The Morgan fingerprint density at radius 1 is 1.09 bits per heavy atom. The van der Waals surface area contributed by atoms with Crippen LogP contribution in [0.1, 0.15) is 16.1 Å². The molecule has 4 nitrogen and oxygen atoms in total. The average Bonchev–Trinajstić information content (AvgIpc) is 3.03. The maximum atomic E-state index is 13.9. The summed E-state index contributed by atoms with van der Waals surface area (Å²) in [6, 6.07) is 12.6. The number of nitrogens with one attached hydrogen (secondary N) is 2. The van der Waals surface area contributed by atoms with Crippen molar-refractivity contribution in [2.45, 2.75) is 6.54 Å². The number of hydrogen-bond acceptors (Lipinski definition) is 2. The molecule has 1 heterocycles. The molecule has 0 fully saturated rings. The number of aromatic amines is 1. The van der Waals surface area contributed by atoms with Gasteiger partial charge in [0.05, 0.1) is 6.20 Å². The number of carbonyl (C=O) groups excluding carboxylic acids is 1. The number of H-pyrrole nitrogens is 1. The van der Waals surface area contributed by atoms with E-state index in [1.807, 2.05) is 30.3 Å². The number of benzene rings is 2. The molecular weight excluding hydrogens is 300 g/mol. The van der Waals surface area contributed by atoms with Crippen LogP contribution in [0.5, 0.6) is 0 Å². The smallest absolute Gasteiger partial charge is 0.270 e. The molecule has 0 atom stereocenters. The zero-order chi connectivity index (χ0) is 16.2. The highest BCUT2D eigenvalue weighted by Crippen LogP contribution is 2.25. The van der Waals surface area contributed by atoms with Crippen molar-refractivity contribution in [3.63, 3.8) is 0 Å². The van der Waals surface area contributed by atoms with Gasteiger partial charge < -0.3 is 5.32 Å². The Morgan fingerprint density at radius 2 is 1.87 bits per heavy atom. The topological polar surface area (TPSA) is 57.8 Å². The largest absolute Gasteiger partial charge is 0.347 e. The monoisotopic (exact) mass is 313 g/mol. The zero-order valence-corrected chi connectivity index (χ0v) is 12.0. The summed E-state index contributed by atoms with van der Waals surface area (Å²) in [5.41, 5.74) is 1.47. The molecule has 0 saturated heterocycles. The molecule has 1 amide bonds. The summed E-state index contributed by atoms with van der Waals surface area (Å²) in [4.78, 5) is 12.3. The van der Waals surface area contributed by atoms with Crippen LogP contribution in [-0.4, -0.2) is 16.1 Å². The minimum Gasteiger partial charge on any atom is -0.347 e. The van der Waals surface area contributed by atoms with Crippen molar-refractivity contribution in [1.29, 1.82) is 0 Å². The fourth-order valence-corrected chi connectivity index (χ4v) is 2.24. The molecule has 3 rings (SSSR count). The minimum absolute atomic E-state index is 0.116. The predicted octanol–water partition coefficient (Wildman–Crippen LogP) is 3.28. The molecule has 0 aliphatic carbocycles. The third kappa shape index (κ3) is 3.26. The lowest BCUT2D eigenvalue weighted by Gasteiger charge is -2.07. The van der Waals surface area contributed by atoms with E-state index in [2.05, 4.69) is 15.5 Å². The van der Waals surface area contributed by atoms with Gasteiger partial charge in [0.1, 0.15) is 17.3 Å². The number of aromatic nitrogens is 2. The van der Waals surface area contributed by atoms with Gasteiger partial charge in [-0.1, -0.05) is 30.3 Å². The van der Waals surface area contributed by atoms with Crippen molar-refractivity contribution < 1.29 is 13.6 Å². The van der Waals surface area contributed by atoms with Crippen LogP contribution in [0, 0.1) is 11.6 Å². The quantitative estimate of drug-likeness (QED) is 0.776. The van der Waals surface area contributed by atoms with Crippen molar-refractivity contribution in [1.82, 2.24) is 15.5 Å². The third-order valence-corrected chi connectivity index (χ3v) is 3.38. The number of hydrogen-bond donors (Lipinski definition) is 2. The van der Waals surface area contributed by atoms with Gasteiger partial charge >= 0.3 is 0 Å². The van der Waals surface area contributed by atoms with E-state index < -0.39 is 17.5 Å². The fraction of sp³-hybridized carbons (Fsp3) is 0.0588. The average molecular weight is 313 g/mol. The Bertz CT molecular complexity index is 831. The van der Waals surface area contributed by atoms with Crippen molar-refractivity contribution in [2.24, 2.45) is 0 Å².